The highest BCUT2D eigenvalue weighted by atomic mass is 35.5. The number of hydrogen-bond donors (Lipinski definition) is 1. The van der Waals surface area contributed by atoms with Crippen LogP contribution in [0.5, 0.6) is 11.5 Å². The monoisotopic (exact) mass is 508 g/mol. The first-order valence-corrected chi connectivity index (χ1v) is 12.3. The number of rotatable bonds is 8. The zero-order chi connectivity index (χ0) is 24.2. The van der Waals surface area contributed by atoms with Gasteiger partial charge in [-0.15, -0.1) is 0 Å². The number of hydrogen-bond acceptors (Lipinski definition) is 5. The molecule has 3 rings (SSSR count). The molecule has 33 heavy (non-hydrogen) atoms. The molecule has 0 aliphatic carbocycles. The zero-order valence-corrected chi connectivity index (χ0v) is 20.5. The number of halogens is 2. The van der Waals surface area contributed by atoms with Crippen molar-refractivity contribution in [1.29, 1.82) is 0 Å². The standard InChI is InChI=1S/C23H22Cl2N2O5S/c1-31-21-12-19(23(28)26-18-10-8-17(25)9-11-18)20(13-22(21)32-2)27(33(3,29)30)14-15-4-6-16(24)7-5-15/h4-13H,14H2,1-3H3,(H,26,28). The van der Waals surface area contributed by atoms with Gasteiger partial charge in [-0.2, -0.15) is 0 Å². The van der Waals surface area contributed by atoms with Gasteiger partial charge in [-0.3, -0.25) is 9.10 Å². The zero-order valence-electron chi connectivity index (χ0n) is 18.1. The Labute approximate surface area is 202 Å². The minimum atomic E-state index is -3.80. The first-order valence-electron chi connectivity index (χ1n) is 9.67. The number of sulfonamides is 1. The van der Waals surface area contributed by atoms with Crippen molar-refractivity contribution in [3.63, 3.8) is 0 Å². The van der Waals surface area contributed by atoms with E-state index in [-0.39, 0.29) is 29.3 Å². The third-order valence-corrected chi connectivity index (χ3v) is 6.39. The van der Waals surface area contributed by atoms with E-state index >= 15 is 0 Å². The molecular weight excluding hydrogens is 487 g/mol. The number of carbonyl (C=O) groups excluding carboxylic acids is 1. The summed E-state index contributed by atoms with van der Waals surface area (Å²) in [5, 5.41) is 3.81. The molecule has 0 fully saturated rings. The smallest absolute Gasteiger partial charge is 0.257 e. The Kier molecular flexibility index (Phi) is 7.73. The van der Waals surface area contributed by atoms with Gasteiger partial charge in [-0.25, -0.2) is 8.42 Å². The molecular formula is C23H22Cl2N2O5S. The van der Waals surface area contributed by atoms with Gasteiger partial charge < -0.3 is 14.8 Å². The molecule has 0 aliphatic rings. The highest BCUT2D eigenvalue weighted by Crippen LogP contribution is 2.37. The quantitative estimate of drug-likeness (QED) is 0.450. The van der Waals surface area contributed by atoms with Crippen LogP contribution in [0.15, 0.2) is 60.7 Å². The van der Waals surface area contributed by atoms with Crippen molar-refractivity contribution in [3.8, 4) is 11.5 Å². The lowest BCUT2D eigenvalue weighted by Crippen LogP contribution is -2.31. The number of nitrogens with zero attached hydrogens (tertiary/aromatic N) is 1. The lowest BCUT2D eigenvalue weighted by Gasteiger charge is -2.26. The van der Waals surface area contributed by atoms with Crippen LogP contribution in [-0.4, -0.2) is 34.8 Å². The SMILES string of the molecule is COc1cc(C(=O)Nc2ccc(Cl)cc2)c(N(Cc2ccc(Cl)cc2)S(C)(=O)=O)cc1OC. The Morgan fingerprint density at radius 1 is 0.909 bits per heavy atom. The number of nitrogens with one attached hydrogen (secondary N) is 1. The summed E-state index contributed by atoms with van der Waals surface area (Å²) in [5.41, 5.74) is 1.40. The van der Waals surface area contributed by atoms with E-state index in [1.807, 2.05) is 0 Å². The number of anilines is 2. The highest BCUT2D eigenvalue weighted by Gasteiger charge is 2.26. The topological polar surface area (TPSA) is 84.9 Å². The minimum Gasteiger partial charge on any atom is -0.493 e. The number of benzene rings is 3. The Balaban J connectivity index is 2.12. The molecule has 0 atom stereocenters. The predicted molar refractivity (Wildman–Crippen MR) is 131 cm³/mol. The summed E-state index contributed by atoms with van der Waals surface area (Å²) in [6, 6.07) is 16.2. The third kappa shape index (κ3) is 6.10. The Bertz CT molecular complexity index is 1250. The van der Waals surface area contributed by atoms with Crippen molar-refractivity contribution in [2.45, 2.75) is 6.54 Å². The van der Waals surface area contributed by atoms with Crippen LogP contribution in [0.4, 0.5) is 11.4 Å². The normalized spacial score (nSPS) is 11.1. The molecule has 3 aromatic rings. The van der Waals surface area contributed by atoms with Crippen LogP contribution in [0, 0.1) is 0 Å². The summed E-state index contributed by atoms with van der Waals surface area (Å²) < 4.78 is 37.5. The van der Waals surface area contributed by atoms with Crippen molar-refractivity contribution >= 4 is 50.5 Å². The van der Waals surface area contributed by atoms with Gasteiger partial charge in [0, 0.05) is 21.8 Å². The molecule has 3 aromatic carbocycles. The molecule has 0 saturated carbocycles. The van der Waals surface area contributed by atoms with E-state index in [9.17, 15) is 13.2 Å². The van der Waals surface area contributed by atoms with Gasteiger partial charge in [0.1, 0.15) is 0 Å². The van der Waals surface area contributed by atoms with Crippen LogP contribution in [-0.2, 0) is 16.6 Å². The van der Waals surface area contributed by atoms with Crippen LogP contribution in [0.2, 0.25) is 10.0 Å². The predicted octanol–water partition coefficient (Wildman–Crippen LogP) is 5.23. The molecule has 1 N–H and O–H groups in total. The van der Waals surface area contributed by atoms with Crippen LogP contribution in [0.1, 0.15) is 15.9 Å². The van der Waals surface area contributed by atoms with E-state index in [4.69, 9.17) is 32.7 Å². The molecule has 0 saturated heterocycles. The first-order chi connectivity index (χ1) is 15.6. The molecule has 0 aliphatic heterocycles. The molecule has 0 bridgehead atoms. The molecule has 174 valence electrons. The maximum absolute atomic E-state index is 13.2. The molecule has 10 heteroatoms. The average Bonchev–Trinajstić information content (AvgIpc) is 2.78. The molecule has 0 radical (unpaired) electrons. The van der Waals surface area contributed by atoms with Gasteiger partial charge in [0.25, 0.3) is 5.91 Å². The summed E-state index contributed by atoms with van der Waals surface area (Å²) in [7, 11) is -0.938. The second-order valence-corrected chi connectivity index (χ2v) is 9.86. The van der Waals surface area contributed by atoms with E-state index in [0.717, 1.165) is 10.6 Å². The summed E-state index contributed by atoms with van der Waals surface area (Å²) in [6.07, 6.45) is 1.07. The fourth-order valence-corrected chi connectivity index (χ4v) is 4.27. The molecule has 1 amide bonds. The van der Waals surface area contributed by atoms with Crippen LogP contribution in [0.25, 0.3) is 0 Å². The largest absolute Gasteiger partial charge is 0.493 e. The lowest BCUT2D eigenvalue weighted by molar-refractivity contribution is 0.102. The van der Waals surface area contributed by atoms with Gasteiger partial charge >= 0.3 is 0 Å². The highest BCUT2D eigenvalue weighted by molar-refractivity contribution is 7.92. The molecule has 0 spiro atoms. The van der Waals surface area contributed by atoms with Gasteiger partial charge in [0.2, 0.25) is 10.0 Å². The molecule has 7 nitrogen and oxygen atoms in total. The fourth-order valence-electron chi connectivity index (χ4n) is 3.12. The van der Waals surface area contributed by atoms with Gasteiger partial charge in [0.15, 0.2) is 11.5 Å². The Morgan fingerprint density at radius 2 is 1.42 bits per heavy atom. The lowest BCUT2D eigenvalue weighted by atomic mass is 10.1. The summed E-state index contributed by atoms with van der Waals surface area (Å²) in [4.78, 5) is 13.2. The van der Waals surface area contributed by atoms with E-state index in [1.165, 1.54) is 26.4 Å². The Morgan fingerprint density at radius 3 is 1.94 bits per heavy atom. The van der Waals surface area contributed by atoms with E-state index < -0.39 is 15.9 Å². The van der Waals surface area contributed by atoms with Crippen molar-refractivity contribution in [3.05, 3.63) is 81.8 Å². The summed E-state index contributed by atoms with van der Waals surface area (Å²) in [6.45, 7) is -0.0211. The number of methoxy groups -OCH3 is 2. The Hall–Kier alpha value is -2.94. The average molecular weight is 509 g/mol. The summed E-state index contributed by atoms with van der Waals surface area (Å²) >= 11 is 11.9. The number of amides is 1. The third-order valence-electron chi connectivity index (χ3n) is 4.76. The number of ether oxygens (including phenoxy) is 2. The van der Waals surface area contributed by atoms with Crippen LogP contribution < -0.4 is 19.1 Å². The second kappa shape index (κ2) is 10.3. The maximum atomic E-state index is 13.2. The van der Waals surface area contributed by atoms with Crippen molar-refractivity contribution < 1.29 is 22.7 Å². The molecule has 0 aromatic heterocycles. The van der Waals surface area contributed by atoms with Crippen molar-refractivity contribution in [2.75, 3.05) is 30.1 Å². The van der Waals surface area contributed by atoms with E-state index in [1.54, 1.807) is 48.5 Å². The fraction of sp³-hybridized carbons (Fsp3) is 0.174. The van der Waals surface area contributed by atoms with E-state index in [2.05, 4.69) is 5.32 Å². The van der Waals surface area contributed by atoms with Crippen molar-refractivity contribution in [1.82, 2.24) is 0 Å². The second-order valence-electron chi connectivity index (χ2n) is 7.08. The van der Waals surface area contributed by atoms with Gasteiger partial charge in [0.05, 0.1) is 38.3 Å². The van der Waals surface area contributed by atoms with Crippen molar-refractivity contribution in [2.24, 2.45) is 0 Å². The summed E-state index contributed by atoms with van der Waals surface area (Å²) in [5.74, 6) is 0.0285. The van der Waals surface area contributed by atoms with E-state index in [0.29, 0.717) is 21.3 Å². The number of carbonyl (C=O) groups is 1. The maximum Gasteiger partial charge on any atom is 0.257 e. The first kappa shape index (κ1) is 24.7. The van der Waals surface area contributed by atoms with Gasteiger partial charge in [-0.1, -0.05) is 35.3 Å². The molecule has 0 unspecified atom stereocenters. The minimum absolute atomic E-state index is 0.0211. The molecule has 0 heterocycles. The van der Waals surface area contributed by atoms with Crippen LogP contribution >= 0.6 is 23.2 Å². The van der Waals surface area contributed by atoms with Crippen LogP contribution in [0.3, 0.4) is 0 Å². The van der Waals surface area contributed by atoms with Gasteiger partial charge in [-0.05, 0) is 48.0 Å².